The van der Waals surface area contributed by atoms with Crippen LogP contribution in [-0.4, -0.2) is 88.6 Å². The molecule has 35 heavy (non-hydrogen) atoms. The van der Waals surface area contributed by atoms with Gasteiger partial charge in [-0.2, -0.15) is 0 Å². The number of nitrogens with zero attached hydrogens (tertiary/aromatic N) is 2. The molecule has 6 nitrogen and oxygen atoms in total. The lowest BCUT2D eigenvalue weighted by molar-refractivity contribution is 0.0374. The molecule has 0 atom stereocenters. The standard InChI is InChI=1S/C28H42N4O2S/c1-3-9-27(25(7-1)23-29-11-5-13-31-15-19-33-20-16-31)35-28-10-4-2-8-26(28)24-30-12-6-14-32-17-21-34-22-18-32/h1-4,7-10,29-30H,5-6,11-24H2. The molecule has 2 aromatic rings. The molecule has 2 saturated heterocycles. The van der Waals surface area contributed by atoms with Gasteiger partial charge in [-0.1, -0.05) is 48.2 Å². The summed E-state index contributed by atoms with van der Waals surface area (Å²) in [5.74, 6) is 0. The Bertz CT molecular complexity index is 787. The molecule has 0 bridgehead atoms. The predicted molar refractivity (Wildman–Crippen MR) is 144 cm³/mol. The first-order valence-electron chi connectivity index (χ1n) is 13.2. The fraction of sp³-hybridized carbons (Fsp3) is 0.571. The maximum atomic E-state index is 5.44. The van der Waals surface area contributed by atoms with Crippen molar-refractivity contribution in [3.05, 3.63) is 59.7 Å². The van der Waals surface area contributed by atoms with Crippen molar-refractivity contribution >= 4 is 11.8 Å². The SMILES string of the molecule is c1ccc(Sc2ccccc2CNCCCN2CCOCC2)c(CNCCCN2CCOCC2)c1. The Morgan fingerprint density at radius 3 is 1.51 bits per heavy atom. The van der Waals surface area contributed by atoms with Crippen molar-refractivity contribution in [2.75, 3.05) is 78.8 Å². The van der Waals surface area contributed by atoms with E-state index in [1.807, 2.05) is 11.8 Å². The molecule has 2 fully saturated rings. The average Bonchev–Trinajstić information content (AvgIpc) is 2.91. The topological polar surface area (TPSA) is 49.0 Å². The minimum atomic E-state index is 0.878. The van der Waals surface area contributed by atoms with E-state index in [4.69, 9.17) is 9.47 Å². The van der Waals surface area contributed by atoms with Crippen molar-refractivity contribution in [2.24, 2.45) is 0 Å². The summed E-state index contributed by atoms with van der Waals surface area (Å²) >= 11 is 1.89. The average molecular weight is 499 g/mol. The van der Waals surface area contributed by atoms with Gasteiger partial charge in [-0.15, -0.1) is 0 Å². The van der Waals surface area contributed by atoms with Gasteiger partial charge in [0, 0.05) is 49.1 Å². The van der Waals surface area contributed by atoms with Crippen LogP contribution in [0.4, 0.5) is 0 Å². The summed E-state index contributed by atoms with van der Waals surface area (Å²) in [4.78, 5) is 7.69. The summed E-state index contributed by atoms with van der Waals surface area (Å²) in [6.45, 7) is 14.0. The third-order valence-corrected chi connectivity index (χ3v) is 7.90. The van der Waals surface area contributed by atoms with Crippen molar-refractivity contribution in [1.82, 2.24) is 20.4 Å². The molecule has 2 aliphatic heterocycles. The molecule has 0 radical (unpaired) electrons. The molecule has 192 valence electrons. The van der Waals surface area contributed by atoms with Gasteiger partial charge < -0.3 is 20.1 Å². The maximum Gasteiger partial charge on any atom is 0.0594 e. The zero-order chi connectivity index (χ0) is 24.0. The van der Waals surface area contributed by atoms with Crippen LogP contribution in [0.2, 0.25) is 0 Å². The number of benzene rings is 2. The van der Waals surface area contributed by atoms with Crippen molar-refractivity contribution in [3.8, 4) is 0 Å². The van der Waals surface area contributed by atoms with Crippen LogP contribution in [0.5, 0.6) is 0 Å². The fourth-order valence-corrected chi connectivity index (χ4v) is 5.64. The summed E-state index contributed by atoms with van der Waals surface area (Å²) in [5, 5.41) is 7.32. The molecule has 0 spiro atoms. The Morgan fingerprint density at radius 2 is 1.06 bits per heavy atom. The third kappa shape index (κ3) is 9.50. The highest BCUT2D eigenvalue weighted by Crippen LogP contribution is 2.32. The Kier molecular flexibility index (Phi) is 11.9. The molecule has 2 heterocycles. The van der Waals surface area contributed by atoms with Crippen molar-refractivity contribution in [1.29, 1.82) is 0 Å². The minimum Gasteiger partial charge on any atom is -0.379 e. The highest BCUT2D eigenvalue weighted by Gasteiger charge is 2.11. The quantitative estimate of drug-likeness (QED) is 0.387. The van der Waals surface area contributed by atoms with Crippen LogP contribution in [0.1, 0.15) is 24.0 Å². The van der Waals surface area contributed by atoms with Gasteiger partial charge in [0.15, 0.2) is 0 Å². The molecular formula is C28H42N4O2S. The van der Waals surface area contributed by atoms with Crippen LogP contribution in [0, 0.1) is 0 Å². The van der Waals surface area contributed by atoms with Crippen LogP contribution in [0.15, 0.2) is 58.3 Å². The Labute approximate surface area is 215 Å². The molecule has 7 heteroatoms. The van der Waals surface area contributed by atoms with Gasteiger partial charge in [-0.05, 0) is 62.3 Å². The highest BCUT2D eigenvalue weighted by atomic mass is 32.2. The van der Waals surface area contributed by atoms with Crippen molar-refractivity contribution < 1.29 is 9.47 Å². The highest BCUT2D eigenvalue weighted by molar-refractivity contribution is 7.99. The fourth-order valence-electron chi connectivity index (χ4n) is 4.57. The molecule has 0 unspecified atom stereocenters. The van der Waals surface area contributed by atoms with Crippen LogP contribution in [0.25, 0.3) is 0 Å². The van der Waals surface area contributed by atoms with Crippen LogP contribution in [0.3, 0.4) is 0 Å². The Morgan fingerprint density at radius 1 is 0.629 bits per heavy atom. The number of ether oxygens (including phenoxy) is 2. The number of morpholine rings is 2. The second-order valence-electron chi connectivity index (χ2n) is 9.29. The number of hydrogen-bond donors (Lipinski definition) is 2. The lowest BCUT2D eigenvalue weighted by Gasteiger charge is -2.26. The largest absolute Gasteiger partial charge is 0.379 e. The first-order chi connectivity index (χ1) is 17.4. The zero-order valence-corrected chi connectivity index (χ0v) is 21.9. The lowest BCUT2D eigenvalue weighted by atomic mass is 10.2. The zero-order valence-electron chi connectivity index (χ0n) is 21.1. The van der Waals surface area contributed by atoms with Gasteiger partial charge in [-0.3, -0.25) is 9.80 Å². The molecule has 0 aromatic heterocycles. The van der Waals surface area contributed by atoms with E-state index in [0.717, 1.165) is 91.9 Å². The smallest absolute Gasteiger partial charge is 0.0594 e. The van der Waals surface area contributed by atoms with E-state index in [9.17, 15) is 0 Å². The van der Waals surface area contributed by atoms with E-state index in [2.05, 4.69) is 69.0 Å². The number of hydrogen-bond acceptors (Lipinski definition) is 7. The molecule has 4 rings (SSSR count). The lowest BCUT2D eigenvalue weighted by Crippen LogP contribution is -2.37. The van der Waals surface area contributed by atoms with E-state index < -0.39 is 0 Å². The molecule has 0 aliphatic carbocycles. The summed E-state index contributed by atoms with van der Waals surface area (Å²) in [6.07, 6.45) is 2.35. The molecule has 2 aliphatic rings. The van der Waals surface area contributed by atoms with E-state index in [-0.39, 0.29) is 0 Å². The molecular weight excluding hydrogens is 456 g/mol. The van der Waals surface area contributed by atoms with E-state index in [0.29, 0.717) is 0 Å². The second kappa shape index (κ2) is 15.6. The summed E-state index contributed by atoms with van der Waals surface area (Å²) in [5.41, 5.74) is 2.74. The van der Waals surface area contributed by atoms with Gasteiger partial charge in [0.25, 0.3) is 0 Å². The summed E-state index contributed by atoms with van der Waals surface area (Å²) < 4.78 is 10.9. The summed E-state index contributed by atoms with van der Waals surface area (Å²) in [7, 11) is 0. The molecule has 2 N–H and O–H groups in total. The predicted octanol–water partition coefficient (Wildman–Crippen LogP) is 3.46. The van der Waals surface area contributed by atoms with E-state index in [1.54, 1.807) is 0 Å². The van der Waals surface area contributed by atoms with Crippen molar-refractivity contribution in [3.63, 3.8) is 0 Å². The molecule has 0 saturated carbocycles. The normalized spacial score (nSPS) is 17.6. The monoisotopic (exact) mass is 498 g/mol. The summed E-state index contributed by atoms with van der Waals surface area (Å²) in [6, 6.07) is 17.6. The van der Waals surface area contributed by atoms with Crippen LogP contribution < -0.4 is 10.6 Å². The minimum absolute atomic E-state index is 0.878. The van der Waals surface area contributed by atoms with E-state index in [1.165, 1.54) is 33.8 Å². The Hall–Kier alpha value is -1.45. The Balaban J connectivity index is 1.20. The van der Waals surface area contributed by atoms with E-state index >= 15 is 0 Å². The first kappa shape index (κ1) is 26.6. The molecule has 0 amide bonds. The second-order valence-corrected chi connectivity index (χ2v) is 10.4. The van der Waals surface area contributed by atoms with Gasteiger partial charge in [0.05, 0.1) is 26.4 Å². The number of rotatable bonds is 14. The third-order valence-electron chi connectivity index (χ3n) is 6.66. The maximum absolute atomic E-state index is 5.44. The van der Waals surface area contributed by atoms with Gasteiger partial charge in [0.2, 0.25) is 0 Å². The van der Waals surface area contributed by atoms with Crippen LogP contribution in [-0.2, 0) is 22.6 Å². The van der Waals surface area contributed by atoms with Gasteiger partial charge in [-0.25, -0.2) is 0 Å². The van der Waals surface area contributed by atoms with Gasteiger partial charge in [0.1, 0.15) is 0 Å². The first-order valence-corrected chi connectivity index (χ1v) is 14.1. The number of nitrogens with one attached hydrogen (secondary N) is 2. The van der Waals surface area contributed by atoms with Crippen molar-refractivity contribution in [2.45, 2.75) is 35.7 Å². The molecule has 2 aromatic carbocycles. The van der Waals surface area contributed by atoms with Gasteiger partial charge >= 0.3 is 0 Å². The van der Waals surface area contributed by atoms with Crippen LogP contribution >= 0.6 is 11.8 Å².